The SMILES string of the molecule is COc1cc2cccc(C)c2c(SC)n1. The smallest absolute Gasteiger partial charge is 0.214 e. The third kappa shape index (κ3) is 1.79. The van der Waals surface area contributed by atoms with Crippen LogP contribution in [0, 0.1) is 6.92 Å². The first-order chi connectivity index (χ1) is 7.26. The fraction of sp³-hybridized carbons (Fsp3) is 0.250. The first kappa shape index (κ1) is 10.3. The van der Waals surface area contributed by atoms with Crippen molar-refractivity contribution < 1.29 is 4.74 Å². The van der Waals surface area contributed by atoms with E-state index in [-0.39, 0.29) is 0 Å². The summed E-state index contributed by atoms with van der Waals surface area (Å²) < 4.78 is 5.18. The van der Waals surface area contributed by atoms with Crippen molar-refractivity contribution in [2.24, 2.45) is 0 Å². The Bertz CT molecular complexity index is 496. The summed E-state index contributed by atoms with van der Waals surface area (Å²) >= 11 is 1.65. The number of methoxy groups -OCH3 is 1. The highest BCUT2D eigenvalue weighted by atomic mass is 32.2. The molecule has 0 saturated carbocycles. The Balaban J connectivity index is 2.81. The van der Waals surface area contributed by atoms with Gasteiger partial charge in [0.25, 0.3) is 0 Å². The summed E-state index contributed by atoms with van der Waals surface area (Å²) in [6.45, 7) is 2.11. The first-order valence-electron chi connectivity index (χ1n) is 4.74. The number of pyridine rings is 1. The standard InChI is InChI=1S/C12H13NOS/c1-8-5-4-6-9-7-10(14-2)13-12(15-3)11(8)9/h4-7H,1-3H3. The summed E-state index contributed by atoms with van der Waals surface area (Å²) in [6.07, 6.45) is 2.04. The first-order valence-corrected chi connectivity index (χ1v) is 5.97. The lowest BCUT2D eigenvalue weighted by molar-refractivity contribution is 0.395. The average molecular weight is 219 g/mol. The van der Waals surface area contributed by atoms with Gasteiger partial charge in [0.1, 0.15) is 5.03 Å². The Morgan fingerprint density at radius 1 is 1.33 bits per heavy atom. The van der Waals surface area contributed by atoms with Crippen molar-refractivity contribution in [3.8, 4) is 5.88 Å². The molecule has 0 bridgehead atoms. The average Bonchev–Trinajstić information content (AvgIpc) is 2.27. The van der Waals surface area contributed by atoms with Gasteiger partial charge < -0.3 is 4.74 Å². The number of rotatable bonds is 2. The van der Waals surface area contributed by atoms with Gasteiger partial charge in [-0.2, -0.15) is 0 Å². The van der Waals surface area contributed by atoms with Gasteiger partial charge in [0, 0.05) is 11.5 Å². The van der Waals surface area contributed by atoms with Crippen LogP contribution in [-0.4, -0.2) is 18.3 Å². The molecular formula is C12H13NOS. The molecule has 0 aliphatic heterocycles. The molecular weight excluding hydrogens is 206 g/mol. The summed E-state index contributed by atoms with van der Waals surface area (Å²) in [5.41, 5.74) is 1.26. The van der Waals surface area contributed by atoms with Crippen LogP contribution < -0.4 is 4.74 Å². The van der Waals surface area contributed by atoms with Crippen molar-refractivity contribution in [2.45, 2.75) is 11.9 Å². The number of fused-ring (bicyclic) bond motifs is 1. The Morgan fingerprint density at radius 2 is 2.13 bits per heavy atom. The largest absolute Gasteiger partial charge is 0.481 e. The van der Waals surface area contributed by atoms with E-state index in [0.717, 1.165) is 5.03 Å². The quantitative estimate of drug-likeness (QED) is 0.724. The number of hydrogen-bond acceptors (Lipinski definition) is 3. The second-order valence-corrected chi connectivity index (χ2v) is 4.14. The highest BCUT2D eigenvalue weighted by molar-refractivity contribution is 7.98. The molecule has 0 saturated heterocycles. The Morgan fingerprint density at radius 3 is 2.80 bits per heavy atom. The molecule has 78 valence electrons. The number of benzene rings is 1. The molecule has 0 unspecified atom stereocenters. The number of aromatic nitrogens is 1. The van der Waals surface area contributed by atoms with Gasteiger partial charge in [-0.05, 0) is 24.1 Å². The molecule has 1 aromatic heterocycles. The normalized spacial score (nSPS) is 10.6. The van der Waals surface area contributed by atoms with E-state index in [1.165, 1.54) is 16.3 Å². The van der Waals surface area contributed by atoms with Crippen molar-refractivity contribution in [2.75, 3.05) is 13.4 Å². The zero-order valence-electron chi connectivity index (χ0n) is 9.07. The van der Waals surface area contributed by atoms with Crippen LogP contribution in [0.5, 0.6) is 5.88 Å². The van der Waals surface area contributed by atoms with Crippen molar-refractivity contribution >= 4 is 22.5 Å². The number of aryl methyl sites for hydroxylation is 1. The molecule has 1 heterocycles. The van der Waals surface area contributed by atoms with Gasteiger partial charge >= 0.3 is 0 Å². The van der Waals surface area contributed by atoms with Gasteiger partial charge in [-0.15, -0.1) is 11.8 Å². The van der Waals surface area contributed by atoms with Crippen molar-refractivity contribution in [3.05, 3.63) is 29.8 Å². The predicted octanol–water partition coefficient (Wildman–Crippen LogP) is 3.27. The van der Waals surface area contributed by atoms with E-state index in [1.807, 2.05) is 12.3 Å². The topological polar surface area (TPSA) is 22.1 Å². The molecule has 0 amide bonds. The third-order valence-corrected chi connectivity index (χ3v) is 3.09. The van der Waals surface area contributed by atoms with Crippen LogP contribution in [0.15, 0.2) is 29.3 Å². The molecule has 0 aliphatic rings. The van der Waals surface area contributed by atoms with E-state index < -0.39 is 0 Å². The monoisotopic (exact) mass is 219 g/mol. The number of hydrogen-bond donors (Lipinski definition) is 0. The van der Waals surface area contributed by atoms with Gasteiger partial charge in [0.15, 0.2) is 0 Å². The van der Waals surface area contributed by atoms with Crippen molar-refractivity contribution in [1.82, 2.24) is 4.98 Å². The Kier molecular flexibility index (Phi) is 2.82. The summed E-state index contributed by atoms with van der Waals surface area (Å²) in [5, 5.41) is 3.44. The van der Waals surface area contributed by atoms with Gasteiger partial charge in [0.2, 0.25) is 5.88 Å². The molecule has 0 radical (unpaired) electrons. The van der Waals surface area contributed by atoms with Crippen LogP contribution >= 0.6 is 11.8 Å². The lowest BCUT2D eigenvalue weighted by Crippen LogP contribution is -1.91. The van der Waals surface area contributed by atoms with Gasteiger partial charge in [-0.1, -0.05) is 18.2 Å². The van der Waals surface area contributed by atoms with Gasteiger partial charge in [-0.3, -0.25) is 0 Å². The molecule has 2 aromatic rings. The van der Waals surface area contributed by atoms with Crippen molar-refractivity contribution in [1.29, 1.82) is 0 Å². The van der Waals surface area contributed by atoms with Crippen LogP contribution in [0.1, 0.15) is 5.56 Å². The molecule has 0 fully saturated rings. The van der Waals surface area contributed by atoms with Crippen molar-refractivity contribution in [3.63, 3.8) is 0 Å². The van der Waals surface area contributed by atoms with E-state index in [0.29, 0.717) is 5.88 Å². The minimum Gasteiger partial charge on any atom is -0.481 e. The highest BCUT2D eigenvalue weighted by Gasteiger charge is 2.07. The molecule has 15 heavy (non-hydrogen) atoms. The van der Waals surface area contributed by atoms with E-state index in [9.17, 15) is 0 Å². The van der Waals surface area contributed by atoms with E-state index >= 15 is 0 Å². The number of thioether (sulfide) groups is 1. The molecule has 0 atom stereocenters. The molecule has 2 nitrogen and oxygen atoms in total. The highest BCUT2D eigenvalue weighted by Crippen LogP contribution is 2.30. The maximum Gasteiger partial charge on any atom is 0.214 e. The second-order valence-electron chi connectivity index (χ2n) is 3.35. The summed E-state index contributed by atoms with van der Waals surface area (Å²) in [7, 11) is 1.65. The fourth-order valence-corrected chi connectivity index (χ4v) is 2.34. The van der Waals surface area contributed by atoms with Gasteiger partial charge in [-0.25, -0.2) is 4.98 Å². The Labute approximate surface area is 93.7 Å². The van der Waals surface area contributed by atoms with Crippen LogP contribution in [0.4, 0.5) is 0 Å². The van der Waals surface area contributed by atoms with Crippen LogP contribution in [-0.2, 0) is 0 Å². The summed E-state index contributed by atoms with van der Waals surface area (Å²) in [5.74, 6) is 0.678. The van der Waals surface area contributed by atoms with E-state index in [4.69, 9.17) is 4.74 Å². The summed E-state index contributed by atoms with van der Waals surface area (Å²) in [6, 6.07) is 8.23. The lowest BCUT2D eigenvalue weighted by atomic mass is 10.1. The minimum absolute atomic E-state index is 0.678. The molecule has 0 aliphatic carbocycles. The number of ether oxygens (including phenoxy) is 1. The fourth-order valence-electron chi connectivity index (χ4n) is 1.68. The van der Waals surface area contributed by atoms with Crippen LogP contribution in [0.25, 0.3) is 10.8 Å². The molecule has 1 aromatic carbocycles. The van der Waals surface area contributed by atoms with Gasteiger partial charge in [0.05, 0.1) is 7.11 Å². The third-order valence-electron chi connectivity index (χ3n) is 2.41. The van der Waals surface area contributed by atoms with E-state index in [1.54, 1.807) is 18.9 Å². The molecule has 0 spiro atoms. The molecule has 3 heteroatoms. The lowest BCUT2D eigenvalue weighted by Gasteiger charge is -2.08. The second kappa shape index (κ2) is 4.11. The number of nitrogens with zero attached hydrogens (tertiary/aromatic N) is 1. The van der Waals surface area contributed by atoms with Crippen LogP contribution in [0.2, 0.25) is 0 Å². The molecule has 0 N–H and O–H groups in total. The van der Waals surface area contributed by atoms with E-state index in [2.05, 4.69) is 30.1 Å². The zero-order chi connectivity index (χ0) is 10.8. The van der Waals surface area contributed by atoms with Crippen LogP contribution in [0.3, 0.4) is 0 Å². The minimum atomic E-state index is 0.678. The summed E-state index contributed by atoms with van der Waals surface area (Å²) in [4.78, 5) is 4.44. The zero-order valence-corrected chi connectivity index (χ0v) is 9.89. The Hall–Kier alpha value is -1.22. The molecule has 2 rings (SSSR count). The maximum absolute atomic E-state index is 5.18. The maximum atomic E-state index is 5.18. The predicted molar refractivity (Wildman–Crippen MR) is 64.8 cm³/mol.